The molecular formula is C23H27N3O3. The zero-order valence-corrected chi connectivity index (χ0v) is 17.0. The lowest BCUT2D eigenvalue weighted by Crippen LogP contribution is -2.52. The van der Waals surface area contributed by atoms with E-state index in [1.807, 2.05) is 24.3 Å². The minimum atomic E-state index is -1.04. The van der Waals surface area contributed by atoms with Crippen LogP contribution in [-0.4, -0.2) is 25.0 Å². The molecule has 29 heavy (non-hydrogen) atoms. The van der Waals surface area contributed by atoms with Gasteiger partial charge >= 0.3 is 0 Å². The van der Waals surface area contributed by atoms with Gasteiger partial charge in [-0.25, -0.2) is 0 Å². The molecule has 6 nitrogen and oxygen atoms in total. The highest BCUT2D eigenvalue weighted by atomic mass is 16.5. The van der Waals surface area contributed by atoms with Crippen LogP contribution < -0.4 is 20.7 Å². The lowest BCUT2D eigenvalue weighted by Gasteiger charge is -2.29. The first-order valence-corrected chi connectivity index (χ1v) is 10.1. The monoisotopic (exact) mass is 393 g/mol. The summed E-state index contributed by atoms with van der Waals surface area (Å²) in [5.74, 6) is 0.383. The molecule has 152 valence electrons. The highest BCUT2D eigenvalue weighted by molar-refractivity contribution is 6.10. The van der Waals surface area contributed by atoms with Crippen LogP contribution in [0.15, 0.2) is 48.5 Å². The number of rotatable bonds is 5. The predicted molar refractivity (Wildman–Crippen MR) is 113 cm³/mol. The van der Waals surface area contributed by atoms with Crippen molar-refractivity contribution < 1.29 is 14.3 Å². The molecule has 1 spiro atoms. The maximum atomic E-state index is 13.4. The van der Waals surface area contributed by atoms with Crippen LogP contribution >= 0.6 is 0 Å². The van der Waals surface area contributed by atoms with E-state index in [1.165, 1.54) is 0 Å². The van der Waals surface area contributed by atoms with Gasteiger partial charge in [-0.3, -0.25) is 14.9 Å². The Morgan fingerprint density at radius 1 is 1.21 bits per heavy atom. The lowest BCUT2D eigenvalue weighted by molar-refractivity contribution is -0.130. The van der Waals surface area contributed by atoms with Crippen molar-refractivity contribution in [2.75, 3.05) is 17.7 Å². The molecule has 1 saturated heterocycles. The zero-order chi connectivity index (χ0) is 20.6. The average Bonchev–Trinajstić information content (AvgIpc) is 3.21. The SMILES string of the molecule is COc1ccc(NC(=O)[C@H]2C[C@@H](CC(C)C)N[C@]23C(=O)Nc2ccccc23)cc1. The Bertz CT molecular complexity index is 925. The Morgan fingerprint density at radius 2 is 1.93 bits per heavy atom. The lowest BCUT2D eigenvalue weighted by atomic mass is 9.79. The summed E-state index contributed by atoms with van der Waals surface area (Å²) in [7, 11) is 1.60. The molecule has 0 aliphatic carbocycles. The zero-order valence-electron chi connectivity index (χ0n) is 17.0. The van der Waals surface area contributed by atoms with E-state index in [0.29, 0.717) is 18.0 Å². The van der Waals surface area contributed by atoms with Crippen LogP contribution in [0.5, 0.6) is 5.75 Å². The maximum absolute atomic E-state index is 13.4. The minimum Gasteiger partial charge on any atom is -0.497 e. The quantitative estimate of drug-likeness (QED) is 0.726. The van der Waals surface area contributed by atoms with E-state index < -0.39 is 11.5 Å². The molecule has 3 N–H and O–H groups in total. The molecule has 2 aliphatic rings. The van der Waals surface area contributed by atoms with Gasteiger partial charge in [-0.05, 0) is 49.1 Å². The molecule has 0 saturated carbocycles. The van der Waals surface area contributed by atoms with E-state index in [4.69, 9.17) is 4.74 Å². The number of carbonyl (C=O) groups is 2. The van der Waals surface area contributed by atoms with Gasteiger partial charge in [0.05, 0.1) is 13.0 Å². The van der Waals surface area contributed by atoms with Crippen molar-refractivity contribution in [2.24, 2.45) is 11.8 Å². The Labute approximate surface area is 171 Å². The van der Waals surface area contributed by atoms with E-state index in [9.17, 15) is 9.59 Å². The minimum absolute atomic E-state index is 0.0959. The van der Waals surface area contributed by atoms with Crippen molar-refractivity contribution in [1.29, 1.82) is 0 Å². The van der Waals surface area contributed by atoms with Gasteiger partial charge in [0.1, 0.15) is 11.3 Å². The summed E-state index contributed by atoms with van der Waals surface area (Å²) in [6, 6.07) is 14.9. The summed E-state index contributed by atoms with van der Waals surface area (Å²) in [5.41, 5.74) is 1.28. The third-order valence-corrected chi connectivity index (χ3v) is 5.86. The smallest absolute Gasteiger partial charge is 0.250 e. The van der Waals surface area contributed by atoms with Gasteiger partial charge in [-0.15, -0.1) is 0 Å². The highest BCUT2D eigenvalue weighted by Crippen LogP contribution is 2.48. The largest absolute Gasteiger partial charge is 0.497 e. The van der Waals surface area contributed by atoms with Crippen LogP contribution in [0.25, 0.3) is 0 Å². The molecule has 0 radical (unpaired) electrons. The summed E-state index contributed by atoms with van der Waals surface area (Å²) in [4.78, 5) is 26.5. The van der Waals surface area contributed by atoms with Crippen molar-refractivity contribution in [3.8, 4) is 5.75 Å². The number of ether oxygens (including phenoxy) is 1. The summed E-state index contributed by atoms with van der Waals surface area (Å²) in [5, 5.41) is 9.51. The van der Waals surface area contributed by atoms with Gasteiger partial charge < -0.3 is 15.4 Å². The number of amides is 2. The van der Waals surface area contributed by atoms with Gasteiger partial charge in [-0.2, -0.15) is 0 Å². The molecule has 1 fully saturated rings. The summed E-state index contributed by atoms with van der Waals surface area (Å²) >= 11 is 0. The van der Waals surface area contributed by atoms with Crippen molar-refractivity contribution in [2.45, 2.75) is 38.3 Å². The molecule has 0 aromatic heterocycles. The van der Waals surface area contributed by atoms with Crippen LogP contribution in [0, 0.1) is 11.8 Å². The molecule has 6 heteroatoms. The van der Waals surface area contributed by atoms with Gasteiger partial charge in [-0.1, -0.05) is 32.0 Å². The fourth-order valence-corrected chi connectivity index (χ4v) is 4.64. The second-order valence-electron chi connectivity index (χ2n) is 8.28. The molecular weight excluding hydrogens is 366 g/mol. The summed E-state index contributed by atoms with van der Waals surface area (Å²) in [6.45, 7) is 4.31. The van der Waals surface area contributed by atoms with E-state index in [1.54, 1.807) is 31.4 Å². The Balaban J connectivity index is 1.67. The number of fused-ring (bicyclic) bond motifs is 2. The van der Waals surface area contributed by atoms with E-state index in [0.717, 1.165) is 23.4 Å². The van der Waals surface area contributed by atoms with Gasteiger partial charge in [0.2, 0.25) is 11.8 Å². The van der Waals surface area contributed by atoms with Crippen molar-refractivity contribution in [3.63, 3.8) is 0 Å². The third kappa shape index (κ3) is 3.38. The van der Waals surface area contributed by atoms with Gasteiger partial charge in [0.25, 0.3) is 0 Å². The normalized spacial score (nSPS) is 25.2. The molecule has 4 rings (SSSR count). The molecule has 3 atom stereocenters. The number of anilines is 2. The average molecular weight is 393 g/mol. The number of hydrogen-bond donors (Lipinski definition) is 3. The van der Waals surface area contributed by atoms with E-state index in [2.05, 4.69) is 29.8 Å². The Morgan fingerprint density at radius 3 is 2.62 bits per heavy atom. The second kappa shape index (κ2) is 7.52. The number of carbonyl (C=O) groups excluding carboxylic acids is 2. The summed E-state index contributed by atoms with van der Waals surface area (Å²) in [6.07, 6.45) is 1.52. The molecule has 2 aliphatic heterocycles. The Hall–Kier alpha value is -2.86. The number of benzene rings is 2. The number of hydrogen-bond acceptors (Lipinski definition) is 4. The number of para-hydroxylation sites is 1. The fourth-order valence-electron chi connectivity index (χ4n) is 4.64. The molecule has 0 unspecified atom stereocenters. The molecule has 0 bridgehead atoms. The number of methoxy groups -OCH3 is 1. The topological polar surface area (TPSA) is 79.5 Å². The van der Waals surface area contributed by atoms with E-state index >= 15 is 0 Å². The van der Waals surface area contributed by atoms with Gasteiger partial charge in [0.15, 0.2) is 0 Å². The molecule has 2 amide bonds. The van der Waals surface area contributed by atoms with Crippen LogP contribution in [0.2, 0.25) is 0 Å². The summed E-state index contributed by atoms with van der Waals surface area (Å²) < 4.78 is 5.18. The van der Waals surface area contributed by atoms with Crippen LogP contribution in [-0.2, 0) is 15.1 Å². The van der Waals surface area contributed by atoms with Crippen molar-refractivity contribution in [1.82, 2.24) is 5.32 Å². The van der Waals surface area contributed by atoms with Crippen LogP contribution in [0.3, 0.4) is 0 Å². The highest BCUT2D eigenvalue weighted by Gasteiger charge is 2.59. The van der Waals surface area contributed by atoms with E-state index in [-0.39, 0.29) is 17.9 Å². The van der Waals surface area contributed by atoms with Gasteiger partial charge in [0, 0.05) is 23.0 Å². The second-order valence-corrected chi connectivity index (χ2v) is 8.28. The van der Waals surface area contributed by atoms with Crippen molar-refractivity contribution in [3.05, 3.63) is 54.1 Å². The predicted octanol–water partition coefficient (Wildman–Crippen LogP) is 3.51. The fraction of sp³-hybridized carbons (Fsp3) is 0.391. The van der Waals surface area contributed by atoms with Crippen LogP contribution in [0.1, 0.15) is 32.3 Å². The first-order valence-electron chi connectivity index (χ1n) is 10.1. The van der Waals surface area contributed by atoms with Crippen LogP contribution in [0.4, 0.5) is 11.4 Å². The maximum Gasteiger partial charge on any atom is 0.250 e. The molecule has 2 heterocycles. The third-order valence-electron chi connectivity index (χ3n) is 5.86. The standard InChI is InChI=1S/C23H27N3O3/c1-14(2)12-16-13-19(21(27)24-15-8-10-17(29-3)11-9-15)23(26-16)18-6-4-5-7-20(18)25-22(23)28/h4-11,14,16,19,26H,12-13H2,1-3H3,(H,24,27)(H,25,28)/t16-,19-,23+/m1/s1. The first kappa shape index (κ1) is 19.5. The number of nitrogens with one attached hydrogen (secondary N) is 3. The van der Waals surface area contributed by atoms with Crippen molar-refractivity contribution >= 4 is 23.2 Å². The molecule has 2 aromatic rings. The Kier molecular flexibility index (Phi) is 5.04. The first-order chi connectivity index (χ1) is 13.9. The molecule has 2 aromatic carbocycles.